The number of rotatable bonds is 5. The molecule has 124 valence electrons. The van der Waals surface area contributed by atoms with E-state index in [1.807, 2.05) is 18.9 Å². The summed E-state index contributed by atoms with van der Waals surface area (Å²) in [5.74, 6) is 2.34. The van der Waals surface area contributed by atoms with Gasteiger partial charge < -0.3 is 19.1 Å². The van der Waals surface area contributed by atoms with Gasteiger partial charge in [0.2, 0.25) is 5.91 Å². The summed E-state index contributed by atoms with van der Waals surface area (Å²) in [6.07, 6.45) is 4.10. The Labute approximate surface area is 135 Å². The first-order valence-electron chi connectivity index (χ1n) is 8.10. The number of aromatic nitrogens is 1. The Balaban J connectivity index is 1.66. The molecule has 0 radical (unpaired) electrons. The molecule has 1 unspecified atom stereocenters. The second kappa shape index (κ2) is 7.00. The molecule has 3 heterocycles. The lowest BCUT2D eigenvalue weighted by molar-refractivity contribution is -0.132. The molecule has 6 nitrogen and oxygen atoms in total. The zero-order valence-electron chi connectivity index (χ0n) is 13.7. The number of furan rings is 1. The van der Waals surface area contributed by atoms with Gasteiger partial charge in [0, 0.05) is 13.1 Å². The largest absolute Gasteiger partial charge is 0.459 e. The SMILES string of the molecule is CNCC1CCCN(C(=O)Cc2nc(-c3ccco3)oc2C)C1. The molecule has 23 heavy (non-hydrogen) atoms. The zero-order chi connectivity index (χ0) is 16.2. The zero-order valence-corrected chi connectivity index (χ0v) is 13.7. The summed E-state index contributed by atoms with van der Waals surface area (Å²) in [5, 5.41) is 3.20. The predicted molar refractivity (Wildman–Crippen MR) is 85.9 cm³/mol. The number of hydrogen-bond donors (Lipinski definition) is 1. The molecule has 0 aromatic carbocycles. The summed E-state index contributed by atoms with van der Waals surface area (Å²) in [6.45, 7) is 4.44. The molecular formula is C17H23N3O3. The number of aryl methyl sites for hydroxylation is 1. The van der Waals surface area contributed by atoms with Crippen molar-refractivity contribution in [1.82, 2.24) is 15.2 Å². The van der Waals surface area contributed by atoms with Crippen LogP contribution in [0.2, 0.25) is 0 Å². The van der Waals surface area contributed by atoms with Crippen molar-refractivity contribution >= 4 is 5.91 Å². The van der Waals surface area contributed by atoms with Crippen LogP contribution in [0, 0.1) is 12.8 Å². The quantitative estimate of drug-likeness (QED) is 0.916. The second-order valence-corrected chi connectivity index (χ2v) is 6.08. The average Bonchev–Trinajstić information content (AvgIpc) is 3.18. The summed E-state index contributed by atoms with van der Waals surface area (Å²) in [4.78, 5) is 18.9. The standard InChI is InChI=1S/C17H23N3O3/c1-12-14(19-17(23-12)15-6-4-8-22-15)9-16(21)20-7-3-5-13(11-20)10-18-2/h4,6,8,13,18H,3,5,7,9-11H2,1-2H3. The van der Waals surface area contributed by atoms with Gasteiger partial charge in [0.25, 0.3) is 5.89 Å². The van der Waals surface area contributed by atoms with Crippen LogP contribution in [0.15, 0.2) is 27.2 Å². The fraction of sp³-hybridized carbons (Fsp3) is 0.529. The highest BCUT2D eigenvalue weighted by atomic mass is 16.4. The number of piperidine rings is 1. The van der Waals surface area contributed by atoms with Gasteiger partial charge in [-0.25, -0.2) is 4.98 Å². The van der Waals surface area contributed by atoms with Gasteiger partial charge in [-0.3, -0.25) is 4.79 Å². The summed E-state index contributed by atoms with van der Waals surface area (Å²) < 4.78 is 10.9. The molecule has 1 fully saturated rings. The molecule has 1 N–H and O–H groups in total. The van der Waals surface area contributed by atoms with Crippen molar-refractivity contribution in [2.75, 3.05) is 26.7 Å². The second-order valence-electron chi connectivity index (χ2n) is 6.08. The van der Waals surface area contributed by atoms with Crippen LogP contribution in [-0.2, 0) is 11.2 Å². The van der Waals surface area contributed by atoms with Crippen LogP contribution in [-0.4, -0.2) is 42.5 Å². The molecule has 1 atom stereocenters. The number of likely N-dealkylation sites (tertiary alicyclic amines) is 1. The van der Waals surface area contributed by atoms with E-state index in [-0.39, 0.29) is 12.3 Å². The van der Waals surface area contributed by atoms with Crippen molar-refractivity contribution in [2.45, 2.75) is 26.2 Å². The third-order valence-electron chi connectivity index (χ3n) is 4.31. The minimum Gasteiger partial charge on any atom is -0.459 e. The van der Waals surface area contributed by atoms with Crippen LogP contribution in [0.5, 0.6) is 0 Å². The normalized spacial score (nSPS) is 18.3. The fourth-order valence-electron chi connectivity index (χ4n) is 3.10. The van der Waals surface area contributed by atoms with E-state index in [1.54, 1.807) is 18.4 Å². The van der Waals surface area contributed by atoms with E-state index in [4.69, 9.17) is 8.83 Å². The van der Waals surface area contributed by atoms with Crippen LogP contribution in [0.25, 0.3) is 11.7 Å². The van der Waals surface area contributed by atoms with Gasteiger partial charge in [-0.2, -0.15) is 0 Å². The Bertz CT molecular complexity index is 646. The summed E-state index contributed by atoms with van der Waals surface area (Å²) in [6, 6.07) is 3.58. The summed E-state index contributed by atoms with van der Waals surface area (Å²) >= 11 is 0. The molecule has 1 saturated heterocycles. The van der Waals surface area contributed by atoms with Crippen LogP contribution in [0.1, 0.15) is 24.3 Å². The lowest BCUT2D eigenvalue weighted by Crippen LogP contribution is -2.43. The maximum Gasteiger partial charge on any atom is 0.263 e. The van der Waals surface area contributed by atoms with Gasteiger partial charge in [-0.1, -0.05) is 0 Å². The van der Waals surface area contributed by atoms with E-state index in [0.29, 0.717) is 29.0 Å². The number of carbonyl (C=O) groups is 1. The summed E-state index contributed by atoms with van der Waals surface area (Å²) in [5.41, 5.74) is 0.692. The molecule has 0 spiro atoms. The molecule has 6 heteroatoms. The van der Waals surface area contributed by atoms with Crippen molar-refractivity contribution in [3.05, 3.63) is 29.9 Å². The lowest BCUT2D eigenvalue weighted by atomic mass is 9.97. The van der Waals surface area contributed by atoms with Gasteiger partial charge in [-0.05, 0) is 51.4 Å². The topological polar surface area (TPSA) is 71.5 Å². The molecule has 1 aliphatic heterocycles. The van der Waals surface area contributed by atoms with Crippen LogP contribution < -0.4 is 5.32 Å². The van der Waals surface area contributed by atoms with Gasteiger partial charge in [0.05, 0.1) is 18.4 Å². The lowest BCUT2D eigenvalue weighted by Gasteiger charge is -2.32. The Kier molecular flexibility index (Phi) is 4.81. The van der Waals surface area contributed by atoms with Crippen molar-refractivity contribution in [3.63, 3.8) is 0 Å². The smallest absolute Gasteiger partial charge is 0.263 e. The third-order valence-corrected chi connectivity index (χ3v) is 4.31. The highest BCUT2D eigenvalue weighted by Crippen LogP contribution is 2.23. The van der Waals surface area contributed by atoms with Crippen molar-refractivity contribution in [2.24, 2.45) is 5.92 Å². The Hall–Kier alpha value is -2.08. The van der Waals surface area contributed by atoms with Crippen molar-refractivity contribution in [1.29, 1.82) is 0 Å². The van der Waals surface area contributed by atoms with Gasteiger partial charge in [-0.15, -0.1) is 0 Å². The minimum atomic E-state index is 0.119. The molecule has 3 rings (SSSR count). The van der Waals surface area contributed by atoms with Crippen LogP contribution in [0.3, 0.4) is 0 Å². The summed E-state index contributed by atoms with van der Waals surface area (Å²) in [7, 11) is 1.95. The number of nitrogens with zero attached hydrogens (tertiary/aromatic N) is 2. The number of carbonyl (C=O) groups excluding carboxylic acids is 1. The van der Waals surface area contributed by atoms with E-state index in [2.05, 4.69) is 10.3 Å². The molecule has 0 aliphatic carbocycles. The molecule has 0 saturated carbocycles. The van der Waals surface area contributed by atoms with Crippen molar-refractivity contribution in [3.8, 4) is 11.7 Å². The first-order chi connectivity index (χ1) is 11.2. The van der Waals surface area contributed by atoms with E-state index in [0.717, 1.165) is 26.1 Å². The minimum absolute atomic E-state index is 0.119. The first-order valence-corrected chi connectivity index (χ1v) is 8.10. The number of oxazole rings is 1. The molecule has 0 bridgehead atoms. The van der Waals surface area contributed by atoms with Crippen LogP contribution >= 0.6 is 0 Å². The average molecular weight is 317 g/mol. The monoisotopic (exact) mass is 317 g/mol. The van der Waals surface area contributed by atoms with Gasteiger partial charge in [0.1, 0.15) is 5.76 Å². The van der Waals surface area contributed by atoms with Gasteiger partial charge >= 0.3 is 0 Å². The molecular weight excluding hydrogens is 294 g/mol. The maximum absolute atomic E-state index is 12.6. The highest BCUT2D eigenvalue weighted by molar-refractivity contribution is 5.78. The number of hydrogen-bond acceptors (Lipinski definition) is 5. The Morgan fingerprint density at radius 2 is 2.39 bits per heavy atom. The number of amides is 1. The van der Waals surface area contributed by atoms with E-state index in [1.165, 1.54) is 6.42 Å². The first kappa shape index (κ1) is 15.8. The van der Waals surface area contributed by atoms with E-state index < -0.39 is 0 Å². The van der Waals surface area contributed by atoms with Gasteiger partial charge in [0.15, 0.2) is 5.76 Å². The Morgan fingerprint density at radius 3 is 3.13 bits per heavy atom. The number of nitrogens with one attached hydrogen (secondary N) is 1. The third kappa shape index (κ3) is 3.64. The van der Waals surface area contributed by atoms with E-state index >= 15 is 0 Å². The van der Waals surface area contributed by atoms with Crippen LogP contribution in [0.4, 0.5) is 0 Å². The fourth-order valence-corrected chi connectivity index (χ4v) is 3.10. The molecule has 1 amide bonds. The molecule has 1 aliphatic rings. The molecule has 2 aromatic heterocycles. The highest BCUT2D eigenvalue weighted by Gasteiger charge is 2.25. The maximum atomic E-state index is 12.6. The molecule has 2 aromatic rings. The Morgan fingerprint density at radius 1 is 1.52 bits per heavy atom. The predicted octanol–water partition coefficient (Wildman–Crippen LogP) is 2.24. The van der Waals surface area contributed by atoms with Crippen molar-refractivity contribution < 1.29 is 13.6 Å². The van der Waals surface area contributed by atoms with E-state index in [9.17, 15) is 4.79 Å².